The van der Waals surface area contributed by atoms with Crippen LogP contribution < -0.4 is 5.32 Å². The van der Waals surface area contributed by atoms with Gasteiger partial charge in [-0.25, -0.2) is 4.98 Å². The van der Waals surface area contributed by atoms with Crippen molar-refractivity contribution in [3.63, 3.8) is 0 Å². The van der Waals surface area contributed by atoms with E-state index in [2.05, 4.69) is 15.3 Å². The zero-order valence-corrected chi connectivity index (χ0v) is 16.0. The Bertz CT molecular complexity index is 1090. The molecule has 2 unspecified atom stereocenters. The van der Waals surface area contributed by atoms with E-state index in [-0.39, 0.29) is 11.8 Å². The molecule has 1 N–H and O–H groups in total. The molecule has 2 aliphatic heterocycles. The van der Waals surface area contributed by atoms with Gasteiger partial charge in [-0.05, 0) is 29.7 Å². The summed E-state index contributed by atoms with van der Waals surface area (Å²) in [5.74, 6) is 0.245. The van der Waals surface area contributed by atoms with Gasteiger partial charge in [-0.2, -0.15) is 0 Å². The number of anilines is 1. The van der Waals surface area contributed by atoms with Crippen molar-refractivity contribution < 1.29 is 14.0 Å². The molecule has 0 aliphatic carbocycles. The highest BCUT2D eigenvalue weighted by atomic mass is 16.3. The van der Waals surface area contributed by atoms with Crippen LogP contribution >= 0.6 is 0 Å². The smallest absolute Gasteiger partial charge is 0.276 e. The third-order valence-electron chi connectivity index (χ3n) is 6.01. The minimum Gasteiger partial charge on any atom is -0.448 e. The first-order valence-corrected chi connectivity index (χ1v) is 9.71. The van der Waals surface area contributed by atoms with Crippen molar-refractivity contribution in [3.8, 4) is 0 Å². The second-order valence-electron chi connectivity index (χ2n) is 7.39. The summed E-state index contributed by atoms with van der Waals surface area (Å²) in [6.45, 7) is 2.36. The highest BCUT2D eigenvalue weighted by Crippen LogP contribution is 2.54. The van der Waals surface area contributed by atoms with Crippen LogP contribution in [0.1, 0.15) is 46.8 Å². The van der Waals surface area contributed by atoms with Gasteiger partial charge in [0.15, 0.2) is 12.1 Å². The molecule has 2 amide bonds. The van der Waals surface area contributed by atoms with E-state index in [0.29, 0.717) is 30.8 Å². The van der Waals surface area contributed by atoms with E-state index >= 15 is 0 Å². The standard InChI is InChI=1S/C22H20N4O3/c1-2-17-18(24-13-29-17)20(27)26-11-9-22(19(26)14-6-5-10-23-12-14)15-7-3-4-8-16(15)25-21(22)28/h3-8,10,12-13,19H,2,9,11H2,1H3,(H,25,28). The van der Waals surface area contributed by atoms with Crippen LogP contribution in [0.4, 0.5) is 5.69 Å². The molecule has 0 radical (unpaired) electrons. The maximum absolute atomic E-state index is 13.5. The topological polar surface area (TPSA) is 88.3 Å². The Balaban J connectivity index is 1.67. The summed E-state index contributed by atoms with van der Waals surface area (Å²) >= 11 is 0. The van der Waals surface area contributed by atoms with E-state index < -0.39 is 11.5 Å². The summed E-state index contributed by atoms with van der Waals surface area (Å²) in [5.41, 5.74) is 2.00. The Morgan fingerprint density at radius 3 is 2.97 bits per heavy atom. The number of rotatable bonds is 3. The van der Waals surface area contributed by atoms with Crippen LogP contribution in [0.5, 0.6) is 0 Å². The van der Waals surface area contributed by atoms with E-state index in [9.17, 15) is 9.59 Å². The molecule has 1 aromatic carbocycles. The Kier molecular flexibility index (Phi) is 3.97. The molecule has 0 bridgehead atoms. The van der Waals surface area contributed by atoms with Crippen molar-refractivity contribution in [1.29, 1.82) is 0 Å². The number of hydrogen-bond donors (Lipinski definition) is 1. The van der Waals surface area contributed by atoms with Crippen LogP contribution in [-0.4, -0.2) is 33.2 Å². The van der Waals surface area contributed by atoms with E-state index in [1.54, 1.807) is 17.3 Å². The van der Waals surface area contributed by atoms with Crippen LogP contribution in [0.25, 0.3) is 0 Å². The molecule has 29 heavy (non-hydrogen) atoms. The summed E-state index contributed by atoms with van der Waals surface area (Å²) < 4.78 is 5.38. The lowest BCUT2D eigenvalue weighted by Crippen LogP contribution is -2.43. The number of aromatic nitrogens is 2. The highest BCUT2D eigenvalue weighted by Gasteiger charge is 2.59. The second kappa shape index (κ2) is 6.55. The van der Waals surface area contributed by atoms with Gasteiger partial charge in [-0.3, -0.25) is 14.6 Å². The predicted molar refractivity (Wildman–Crippen MR) is 105 cm³/mol. The fourth-order valence-corrected chi connectivity index (χ4v) is 4.74. The molecule has 3 aromatic rings. The van der Waals surface area contributed by atoms with Gasteiger partial charge in [0.05, 0.1) is 6.04 Å². The number of nitrogens with zero attached hydrogens (tertiary/aromatic N) is 3. The normalized spacial score (nSPS) is 22.7. The van der Waals surface area contributed by atoms with Crippen molar-refractivity contribution >= 4 is 17.5 Å². The number of pyridine rings is 1. The number of carbonyl (C=O) groups excluding carboxylic acids is 2. The molecule has 1 spiro atoms. The minimum absolute atomic E-state index is 0.0845. The van der Waals surface area contributed by atoms with Crippen LogP contribution in [0, 0.1) is 0 Å². The third-order valence-corrected chi connectivity index (χ3v) is 6.01. The molecule has 5 rings (SSSR count). The average Bonchev–Trinajstić information content (AvgIpc) is 3.46. The first-order chi connectivity index (χ1) is 14.2. The number of para-hydroxylation sites is 1. The number of oxazole rings is 1. The summed E-state index contributed by atoms with van der Waals surface area (Å²) in [4.78, 5) is 37.0. The molecule has 146 valence electrons. The highest BCUT2D eigenvalue weighted by molar-refractivity contribution is 6.08. The number of aryl methyl sites for hydroxylation is 1. The van der Waals surface area contributed by atoms with Gasteiger partial charge >= 0.3 is 0 Å². The molecule has 0 saturated carbocycles. The fourth-order valence-electron chi connectivity index (χ4n) is 4.74. The SMILES string of the molecule is CCc1ocnc1C(=O)N1CCC2(C(=O)Nc3ccccc32)C1c1cccnc1. The number of amides is 2. The molecule has 7 nitrogen and oxygen atoms in total. The number of benzene rings is 1. The largest absolute Gasteiger partial charge is 0.448 e. The maximum atomic E-state index is 13.5. The van der Waals surface area contributed by atoms with E-state index in [4.69, 9.17) is 4.42 Å². The second-order valence-corrected chi connectivity index (χ2v) is 7.39. The quantitative estimate of drug-likeness (QED) is 0.745. The monoisotopic (exact) mass is 388 g/mol. The van der Waals surface area contributed by atoms with E-state index in [0.717, 1.165) is 16.8 Å². The van der Waals surface area contributed by atoms with E-state index in [1.807, 2.05) is 43.3 Å². The summed E-state index contributed by atoms with van der Waals surface area (Å²) in [6.07, 6.45) is 5.82. The number of fused-ring (bicyclic) bond motifs is 2. The number of hydrogen-bond acceptors (Lipinski definition) is 5. The van der Waals surface area contributed by atoms with Gasteiger partial charge in [-0.15, -0.1) is 0 Å². The van der Waals surface area contributed by atoms with Crippen molar-refractivity contribution in [3.05, 3.63) is 77.8 Å². The van der Waals surface area contributed by atoms with Crippen molar-refractivity contribution in [1.82, 2.24) is 14.9 Å². The fraction of sp³-hybridized carbons (Fsp3) is 0.273. The molecule has 2 aliphatic rings. The molecule has 2 aromatic heterocycles. The Labute approximate surface area is 167 Å². The van der Waals surface area contributed by atoms with Gasteiger partial charge < -0.3 is 14.6 Å². The van der Waals surface area contributed by atoms with Crippen molar-refractivity contribution in [2.24, 2.45) is 0 Å². The summed E-state index contributed by atoms with van der Waals surface area (Å²) in [6, 6.07) is 11.0. The summed E-state index contributed by atoms with van der Waals surface area (Å²) in [5, 5.41) is 3.02. The first-order valence-electron chi connectivity index (χ1n) is 9.71. The van der Waals surface area contributed by atoms with Crippen LogP contribution in [0.2, 0.25) is 0 Å². The minimum atomic E-state index is -0.856. The van der Waals surface area contributed by atoms with Crippen LogP contribution in [0.3, 0.4) is 0 Å². The van der Waals surface area contributed by atoms with Gasteiger partial charge in [0, 0.05) is 31.0 Å². The van der Waals surface area contributed by atoms with Crippen LogP contribution in [-0.2, 0) is 16.6 Å². The average molecular weight is 388 g/mol. The Morgan fingerprint density at radius 2 is 2.17 bits per heavy atom. The number of carbonyl (C=O) groups is 2. The maximum Gasteiger partial charge on any atom is 0.276 e. The molecule has 2 atom stereocenters. The molecule has 4 heterocycles. The molecular formula is C22H20N4O3. The molecular weight excluding hydrogens is 368 g/mol. The van der Waals surface area contributed by atoms with Crippen molar-refractivity contribution in [2.75, 3.05) is 11.9 Å². The van der Waals surface area contributed by atoms with Gasteiger partial charge in [0.25, 0.3) is 5.91 Å². The Hall–Kier alpha value is -3.48. The molecule has 1 saturated heterocycles. The summed E-state index contributed by atoms with van der Waals surface area (Å²) in [7, 11) is 0. The van der Waals surface area contributed by atoms with Gasteiger partial charge in [0.1, 0.15) is 11.2 Å². The Morgan fingerprint density at radius 1 is 1.31 bits per heavy atom. The molecule has 7 heteroatoms. The number of likely N-dealkylation sites (tertiary alicyclic amines) is 1. The lowest BCUT2D eigenvalue weighted by atomic mass is 9.73. The zero-order chi connectivity index (χ0) is 20.0. The lowest BCUT2D eigenvalue weighted by Gasteiger charge is -2.34. The predicted octanol–water partition coefficient (Wildman–Crippen LogP) is 3.11. The number of nitrogens with one attached hydrogen (secondary N) is 1. The lowest BCUT2D eigenvalue weighted by molar-refractivity contribution is -0.121. The molecule has 1 fully saturated rings. The zero-order valence-electron chi connectivity index (χ0n) is 16.0. The van der Waals surface area contributed by atoms with Gasteiger partial charge in [-0.1, -0.05) is 31.2 Å². The van der Waals surface area contributed by atoms with Gasteiger partial charge in [0.2, 0.25) is 5.91 Å². The van der Waals surface area contributed by atoms with Crippen molar-refractivity contribution in [2.45, 2.75) is 31.2 Å². The third kappa shape index (κ3) is 2.43. The first kappa shape index (κ1) is 17.6. The van der Waals surface area contributed by atoms with E-state index in [1.165, 1.54) is 6.39 Å². The van der Waals surface area contributed by atoms with Crippen LogP contribution in [0.15, 0.2) is 59.6 Å².